The number of imidazole rings is 1. The number of hydrogen-bond acceptors (Lipinski definition) is 7. The normalized spacial score (nSPS) is 15.9. The molecule has 0 unspecified atom stereocenters. The Morgan fingerprint density at radius 2 is 2.15 bits per heavy atom. The number of aliphatic hydroxyl groups excluding tert-OH is 1. The van der Waals surface area contributed by atoms with Gasteiger partial charge in [0.05, 0.1) is 29.0 Å². The number of rotatable bonds is 7. The van der Waals surface area contributed by atoms with Gasteiger partial charge in [-0.3, -0.25) is 9.59 Å². The second-order valence-corrected chi connectivity index (χ2v) is 8.12. The number of carbonyl (C=O) groups excluding carboxylic acids is 2. The molecule has 1 saturated heterocycles. The number of carbonyl (C=O) groups is 2. The van der Waals surface area contributed by atoms with Gasteiger partial charge in [-0.15, -0.1) is 0 Å². The number of aromatic nitrogens is 2. The quantitative estimate of drug-likeness (QED) is 0.403. The minimum atomic E-state index is -0.387. The first-order chi connectivity index (χ1) is 16.1. The van der Waals surface area contributed by atoms with Gasteiger partial charge in [0.2, 0.25) is 5.62 Å². The highest BCUT2D eigenvalue weighted by atomic mass is 32.2. The fraction of sp³-hybridized carbons (Fsp3) is 0.318. The van der Waals surface area contributed by atoms with Crippen LogP contribution in [0.2, 0.25) is 0 Å². The highest BCUT2D eigenvalue weighted by Crippen LogP contribution is 2.49. The van der Waals surface area contributed by atoms with Gasteiger partial charge in [0.1, 0.15) is 6.61 Å². The van der Waals surface area contributed by atoms with Gasteiger partial charge in [0.15, 0.2) is 0 Å². The standard InChI is InChI=1S/C22H23N5O5S/c1-33-32-27-18-5-3-14(11-19(18)27)21(30)24-22-23-16-12-15(25-8-10-31-13-20(25)29)4-6-17(16)26(22)7-2-9-28/h3-6,11-12,28H,2,7-10,13H2,1H3,(H,23,24,30). The van der Waals surface area contributed by atoms with Crippen LogP contribution in [-0.2, 0) is 20.4 Å². The molecule has 1 aromatic heterocycles. The fourth-order valence-corrected chi connectivity index (χ4v) is 4.25. The van der Waals surface area contributed by atoms with Gasteiger partial charge in [-0.05, 0) is 42.8 Å². The van der Waals surface area contributed by atoms with E-state index in [2.05, 4.69) is 9.98 Å². The van der Waals surface area contributed by atoms with Crippen molar-refractivity contribution in [3.05, 3.63) is 47.6 Å². The number of aromatic amines is 1. The second kappa shape index (κ2) is 9.02. The van der Waals surface area contributed by atoms with E-state index in [1.54, 1.807) is 22.1 Å². The molecule has 11 heteroatoms. The topological polar surface area (TPSA) is 112 Å². The predicted octanol–water partition coefficient (Wildman–Crippen LogP) is 2.12. The number of benzene rings is 2. The van der Waals surface area contributed by atoms with Crippen molar-refractivity contribution in [2.24, 2.45) is 4.99 Å². The van der Waals surface area contributed by atoms with Gasteiger partial charge in [0.25, 0.3) is 11.8 Å². The first kappa shape index (κ1) is 21.7. The lowest BCUT2D eigenvalue weighted by Gasteiger charge is -2.26. The Labute approximate surface area is 193 Å². The van der Waals surface area contributed by atoms with E-state index in [0.717, 1.165) is 28.1 Å². The molecule has 0 atom stereocenters. The average Bonchev–Trinajstić information content (AvgIpc) is 3.40. The molecule has 0 aliphatic carbocycles. The van der Waals surface area contributed by atoms with Crippen LogP contribution in [0, 0.1) is 0 Å². The van der Waals surface area contributed by atoms with Crippen molar-refractivity contribution in [3.63, 3.8) is 0 Å². The number of morpholine rings is 1. The van der Waals surface area contributed by atoms with Gasteiger partial charge in [0, 0.05) is 49.2 Å². The molecule has 2 aromatic carbocycles. The maximum absolute atomic E-state index is 12.9. The summed E-state index contributed by atoms with van der Waals surface area (Å²) < 4.78 is 12.5. The van der Waals surface area contributed by atoms with E-state index in [1.807, 2.05) is 35.1 Å². The summed E-state index contributed by atoms with van der Waals surface area (Å²) in [4.78, 5) is 34.4. The second-order valence-electron chi connectivity index (χ2n) is 7.63. The summed E-state index contributed by atoms with van der Waals surface area (Å²) in [7, 11) is 0. The third-order valence-electron chi connectivity index (χ3n) is 5.58. The number of anilines is 3. The molecule has 2 N–H and O–H groups in total. The van der Waals surface area contributed by atoms with E-state index in [0.29, 0.717) is 37.3 Å². The van der Waals surface area contributed by atoms with Crippen LogP contribution in [0.4, 0.5) is 17.1 Å². The molecule has 2 aliphatic heterocycles. The van der Waals surface area contributed by atoms with Gasteiger partial charge < -0.3 is 24.3 Å². The Kier molecular flexibility index (Phi) is 5.94. The zero-order valence-electron chi connectivity index (χ0n) is 18.0. The van der Waals surface area contributed by atoms with E-state index in [1.165, 1.54) is 12.0 Å². The van der Waals surface area contributed by atoms with Crippen LogP contribution in [0.25, 0.3) is 11.0 Å². The molecule has 5 rings (SSSR count). The number of nitrogens with zero attached hydrogens (tertiary/aromatic N) is 4. The first-order valence-electron chi connectivity index (χ1n) is 10.6. The van der Waals surface area contributed by atoms with Gasteiger partial charge >= 0.3 is 0 Å². The molecule has 172 valence electrons. The van der Waals surface area contributed by atoms with Crippen molar-refractivity contribution in [2.45, 2.75) is 13.0 Å². The summed E-state index contributed by atoms with van der Waals surface area (Å²) in [6.45, 7) is 1.54. The number of amides is 2. The molecule has 3 heterocycles. The summed E-state index contributed by atoms with van der Waals surface area (Å²) >= 11 is 1.23. The Morgan fingerprint density at radius 1 is 1.27 bits per heavy atom. The van der Waals surface area contributed by atoms with Gasteiger partial charge in [-0.25, -0.2) is 5.06 Å². The molecule has 0 saturated carbocycles. The number of fused-ring (bicyclic) bond motifs is 2. The zero-order valence-corrected chi connectivity index (χ0v) is 18.8. The molecule has 2 amide bonds. The van der Waals surface area contributed by atoms with Crippen molar-refractivity contribution < 1.29 is 23.7 Å². The number of ether oxygens (including phenoxy) is 1. The van der Waals surface area contributed by atoms with Gasteiger partial charge in [-0.2, -0.15) is 9.28 Å². The molecule has 0 bridgehead atoms. The molecule has 0 radical (unpaired) electrons. The largest absolute Gasteiger partial charge is 0.396 e. The van der Waals surface area contributed by atoms with Crippen LogP contribution in [0.15, 0.2) is 41.4 Å². The lowest BCUT2D eigenvalue weighted by Crippen LogP contribution is -2.41. The minimum Gasteiger partial charge on any atom is -0.396 e. The number of aryl methyl sites for hydroxylation is 1. The zero-order chi connectivity index (χ0) is 22.9. The van der Waals surface area contributed by atoms with Crippen molar-refractivity contribution in [1.29, 1.82) is 0 Å². The third kappa shape index (κ3) is 4.15. The molecule has 3 aromatic rings. The van der Waals surface area contributed by atoms with Crippen LogP contribution in [-0.4, -0.2) is 59.1 Å². The molecule has 1 fully saturated rings. The maximum Gasteiger partial charge on any atom is 0.280 e. The predicted molar refractivity (Wildman–Crippen MR) is 124 cm³/mol. The van der Waals surface area contributed by atoms with Crippen LogP contribution in [0.5, 0.6) is 0 Å². The Bertz CT molecular complexity index is 1300. The van der Waals surface area contributed by atoms with Crippen LogP contribution >= 0.6 is 12.0 Å². The number of aliphatic hydroxyl groups is 1. The number of hydrogen-bond donors (Lipinski definition) is 2. The van der Waals surface area contributed by atoms with E-state index in [9.17, 15) is 14.7 Å². The molecule has 10 nitrogen and oxygen atoms in total. The maximum atomic E-state index is 12.9. The van der Waals surface area contributed by atoms with E-state index >= 15 is 0 Å². The summed E-state index contributed by atoms with van der Waals surface area (Å²) in [6, 6.07) is 10.9. The monoisotopic (exact) mass is 469 g/mol. The fourth-order valence-electron chi connectivity index (χ4n) is 3.94. The third-order valence-corrected chi connectivity index (χ3v) is 5.88. The average molecular weight is 470 g/mol. The molecule has 33 heavy (non-hydrogen) atoms. The molecule has 0 spiro atoms. The van der Waals surface area contributed by atoms with Crippen LogP contribution in [0.3, 0.4) is 0 Å². The Balaban J connectivity index is 1.50. The van der Waals surface area contributed by atoms with Crippen LogP contribution < -0.4 is 15.6 Å². The Morgan fingerprint density at radius 3 is 2.94 bits per heavy atom. The molecule has 2 aliphatic rings. The van der Waals surface area contributed by atoms with Crippen molar-refractivity contribution in [1.82, 2.24) is 9.55 Å². The lowest BCUT2D eigenvalue weighted by atomic mass is 10.2. The number of H-pyrrole nitrogens is 1. The van der Waals surface area contributed by atoms with Crippen molar-refractivity contribution in [2.75, 3.05) is 42.6 Å². The van der Waals surface area contributed by atoms with E-state index in [-0.39, 0.29) is 25.0 Å². The molecular weight excluding hydrogens is 446 g/mol. The van der Waals surface area contributed by atoms with Crippen LogP contribution in [0.1, 0.15) is 16.8 Å². The Hall–Kier alpha value is -3.12. The summed E-state index contributed by atoms with van der Waals surface area (Å²) in [5.41, 5.74) is 4.94. The minimum absolute atomic E-state index is 0.0174. The SMILES string of the molecule is CSON1c2ccc(C(=O)/N=c3\[nH]c4cc(N5CCOCC5=O)ccc4n3CCCO)cc21. The van der Waals surface area contributed by atoms with E-state index in [4.69, 9.17) is 9.02 Å². The molecular formula is C22H23N5O5S. The number of nitrogens with one attached hydrogen (secondary N) is 1. The van der Waals surface area contributed by atoms with Gasteiger partial charge in [-0.1, -0.05) is 0 Å². The summed E-state index contributed by atoms with van der Waals surface area (Å²) in [5, 5.41) is 11.0. The highest BCUT2D eigenvalue weighted by molar-refractivity contribution is 7.94. The van der Waals surface area contributed by atoms with Crippen molar-refractivity contribution in [3.8, 4) is 0 Å². The van der Waals surface area contributed by atoms with E-state index < -0.39 is 0 Å². The summed E-state index contributed by atoms with van der Waals surface area (Å²) in [6.07, 6.45) is 2.33. The lowest BCUT2D eigenvalue weighted by molar-refractivity contribution is -0.125. The summed E-state index contributed by atoms with van der Waals surface area (Å²) in [5.74, 6) is -0.480. The smallest absolute Gasteiger partial charge is 0.280 e. The van der Waals surface area contributed by atoms with Crippen molar-refractivity contribution >= 4 is 52.0 Å². The highest BCUT2D eigenvalue weighted by Gasteiger charge is 2.31. The first-order valence-corrected chi connectivity index (χ1v) is 11.7.